The zero-order chi connectivity index (χ0) is 21.0. The third-order valence-corrected chi connectivity index (χ3v) is 6.09. The molecule has 0 fully saturated rings. The minimum Gasteiger partial charge on any atom is -0.299 e. The molecular formula is C21H22ClN3O3S. The highest BCUT2D eigenvalue weighted by molar-refractivity contribution is 7.89. The molecule has 3 aromatic rings. The van der Waals surface area contributed by atoms with Crippen LogP contribution in [0.3, 0.4) is 0 Å². The molecule has 1 atom stereocenters. The molecule has 0 radical (unpaired) electrons. The Morgan fingerprint density at radius 2 is 1.66 bits per heavy atom. The first-order chi connectivity index (χ1) is 13.8. The highest BCUT2D eigenvalue weighted by atomic mass is 35.5. The number of amides is 1. The first kappa shape index (κ1) is 21.1. The minimum atomic E-state index is -3.89. The first-order valence-corrected chi connectivity index (χ1v) is 10.9. The van der Waals surface area contributed by atoms with E-state index in [0.717, 1.165) is 10.8 Å². The summed E-state index contributed by atoms with van der Waals surface area (Å²) >= 11 is 5.93. The lowest BCUT2D eigenvalue weighted by Gasteiger charge is -2.22. The molecule has 0 saturated heterocycles. The van der Waals surface area contributed by atoms with Gasteiger partial charge in [0.1, 0.15) is 6.04 Å². The average molecular weight is 432 g/mol. The van der Waals surface area contributed by atoms with E-state index in [1.165, 1.54) is 6.07 Å². The van der Waals surface area contributed by atoms with E-state index < -0.39 is 22.0 Å². The van der Waals surface area contributed by atoms with Gasteiger partial charge in [-0.05, 0) is 47.0 Å². The van der Waals surface area contributed by atoms with Crippen molar-refractivity contribution in [2.45, 2.75) is 24.8 Å². The number of carbonyl (C=O) groups is 1. The van der Waals surface area contributed by atoms with Gasteiger partial charge in [0.05, 0.1) is 10.6 Å². The van der Waals surface area contributed by atoms with Gasteiger partial charge in [0.15, 0.2) is 0 Å². The summed E-state index contributed by atoms with van der Waals surface area (Å²) in [5.41, 5.74) is 5.88. The topological polar surface area (TPSA) is 87.3 Å². The van der Waals surface area contributed by atoms with E-state index in [0.29, 0.717) is 10.7 Å². The number of fused-ring (bicyclic) bond motifs is 1. The number of hydrogen-bond acceptors (Lipinski definition) is 4. The number of benzene rings is 3. The Bertz CT molecular complexity index is 1130. The van der Waals surface area contributed by atoms with Gasteiger partial charge >= 0.3 is 0 Å². The fourth-order valence-corrected chi connectivity index (χ4v) is 4.41. The van der Waals surface area contributed by atoms with Gasteiger partial charge < -0.3 is 0 Å². The van der Waals surface area contributed by atoms with E-state index in [9.17, 15) is 13.2 Å². The van der Waals surface area contributed by atoms with Crippen LogP contribution in [0.25, 0.3) is 10.8 Å². The van der Waals surface area contributed by atoms with E-state index in [1.807, 2.05) is 24.3 Å². The van der Waals surface area contributed by atoms with Crippen molar-refractivity contribution >= 4 is 44.0 Å². The SMILES string of the molecule is CC(C)C(NS(=O)(=O)c1ccc2ccccc2c1)C(=O)NNc1cccc(Cl)c1. The van der Waals surface area contributed by atoms with Crippen LogP contribution in [0.1, 0.15) is 13.8 Å². The van der Waals surface area contributed by atoms with Gasteiger partial charge in [-0.2, -0.15) is 4.72 Å². The van der Waals surface area contributed by atoms with Gasteiger partial charge in [0.25, 0.3) is 5.91 Å². The molecule has 0 aliphatic carbocycles. The Balaban J connectivity index is 1.76. The van der Waals surface area contributed by atoms with E-state index >= 15 is 0 Å². The summed E-state index contributed by atoms with van der Waals surface area (Å²) < 4.78 is 28.3. The number of anilines is 1. The Kier molecular flexibility index (Phi) is 6.42. The maximum absolute atomic E-state index is 12.9. The number of carbonyl (C=O) groups excluding carboxylic acids is 1. The average Bonchev–Trinajstić information content (AvgIpc) is 2.70. The van der Waals surface area contributed by atoms with Crippen molar-refractivity contribution in [3.05, 3.63) is 71.8 Å². The van der Waals surface area contributed by atoms with E-state index in [1.54, 1.807) is 50.2 Å². The fourth-order valence-electron chi connectivity index (χ4n) is 2.84. The number of rotatable bonds is 7. The predicted octanol–water partition coefficient (Wildman–Crippen LogP) is 3.94. The van der Waals surface area contributed by atoms with Gasteiger partial charge in [-0.15, -0.1) is 0 Å². The number of hydrazine groups is 1. The molecule has 0 saturated carbocycles. The largest absolute Gasteiger partial charge is 0.299 e. The van der Waals surface area contributed by atoms with Gasteiger partial charge in [-0.3, -0.25) is 15.6 Å². The normalized spacial score (nSPS) is 12.7. The lowest BCUT2D eigenvalue weighted by molar-refractivity contribution is -0.123. The maximum Gasteiger partial charge on any atom is 0.256 e. The van der Waals surface area contributed by atoms with Crippen LogP contribution in [0.2, 0.25) is 5.02 Å². The number of sulfonamides is 1. The van der Waals surface area contributed by atoms with Crippen molar-refractivity contribution in [3.63, 3.8) is 0 Å². The summed E-state index contributed by atoms with van der Waals surface area (Å²) in [7, 11) is -3.89. The van der Waals surface area contributed by atoms with E-state index in [2.05, 4.69) is 15.6 Å². The minimum absolute atomic E-state index is 0.109. The highest BCUT2D eigenvalue weighted by Crippen LogP contribution is 2.20. The van der Waals surface area contributed by atoms with Crippen molar-refractivity contribution in [3.8, 4) is 0 Å². The van der Waals surface area contributed by atoms with Gasteiger partial charge in [-0.25, -0.2) is 8.42 Å². The molecular weight excluding hydrogens is 410 g/mol. The summed E-state index contributed by atoms with van der Waals surface area (Å²) in [5, 5.41) is 2.26. The van der Waals surface area contributed by atoms with Crippen LogP contribution >= 0.6 is 11.6 Å². The molecule has 0 aromatic heterocycles. The lowest BCUT2D eigenvalue weighted by Crippen LogP contribution is -2.50. The van der Waals surface area contributed by atoms with Gasteiger partial charge in [-0.1, -0.05) is 61.8 Å². The fraction of sp³-hybridized carbons (Fsp3) is 0.190. The quantitative estimate of drug-likeness (QED) is 0.494. The third-order valence-electron chi connectivity index (χ3n) is 4.42. The second kappa shape index (κ2) is 8.82. The molecule has 152 valence electrons. The van der Waals surface area contributed by atoms with Crippen molar-refractivity contribution in [1.29, 1.82) is 0 Å². The number of halogens is 1. The van der Waals surface area contributed by atoms with Crippen molar-refractivity contribution < 1.29 is 13.2 Å². The monoisotopic (exact) mass is 431 g/mol. The Morgan fingerprint density at radius 3 is 2.34 bits per heavy atom. The molecule has 0 heterocycles. The molecule has 1 unspecified atom stereocenters. The molecule has 0 spiro atoms. The molecule has 1 amide bonds. The summed E-state index contributed by atoms with van der Waals surface area (Å²) in [6.07, 6.45) is 0. The standard InChI is InChI=1S/C21H22ClN3O3S/c1-14(2)20(21(26)24-23-18-9-5-8-17(22)13-18)25-29(27,28)19-11-10-15-6-3-4-7-16(15)12-19/h3-14,20,23,25H,1-2H3,(H,24,26). The number of nitrogens with one attached hydrogen (secondary N) is 3. The van der Waals surface area contributed by atoms with Gasteiger partial charge in [0.2, 0.25) is 10.0 Å². The van der Waals surface area contributed by atoms with Crippen LogP contribution in [0.15, 0.2) is 71.6 Å². The molecule has 3 aromatic carbocycles. The molecule has 3 rings (SSSR count). The first-order valence-electron chi connectivity index (χ1n) is 9.09. The molecule has 29 heavy (non-hydrogen) atoms. The molecule has 0 aliphatic heterocycles. The summed E-state index contributed by atoms with van der Waals surface area (Å²) in [4.78, 5) is 12.7. The van der Waals surface area contributed by atoms with Gasteiger partial charge in [0, 0.05) is 5.02 Å². The van der Waals surface area contributed by atoms with Crippen LogP contribution in [0.5, 0.6) is 0 Å². The van der Waals surface area contributed by atoms with Crippen LogP contribution in [-0.2, 0) is 14.8 Å². The second-order valence-electron chi connectivity index (χ2n) is 6.98. The summed E-state index contributed by atoms with van der Waals surface area (Å²) in [6.45, 7) is 3.54. The molecule has 0 bridgehead atoms. The maximum atomic E-state index is 12.9. The van der Waals surface area contributed by atoms with E-state index in [4.69, 9.17) is 11.6 Å². The molecule has 3 N–H and O–H groups in total. The molecule has 8 heteroatoms. The van der Waals surface area contributed by atoms with Crippen molar-refractivity contribution in [1.82, 2.24) is 10.1 Å². The lowest BCUT2D eigenvalue weighted by atomic mass is 10.1. The van der Waals surface area contributed by atoms with Crippen molar-refractivity contribution in [2.75, 3.05) is 5.43 Å². The van der Waals surface area contributed by atoms with Crippen LogP contribution < -0.4 is 15.6 Å². The Morgan fingerprint density at radius 1 is 0.931 bits per heavy atom. The highest BCUT2D eigenvalue weighted by Gasteiger charge is 2.28. The molecule has 6 nitrogen and oxygen atoms in total. The zero-order valence-corrected chi connectivity index (χ0v) is 17.6. The second-order valence-corrected chi connectivity index (χ2v) is 9.13. The third kappa shape index (κ3) is 5.26. The Labute approximate surface area is 175 Å². The van der Waals surface area contributed by atoms with Crippen molar-refractivity contribution in [2.24, 2.45) is 5.92 Å². The smallest absolute Gasteiger partial charge is 0.256 e. The van der Waals surface area contributed by atoms with Crippen LogP contribution in [0.4, 0.5) is 5.69 Å². The predicted molar refractivity (Wildman–Crippen MR) is 116 cm³/mol. The van der Waals surface area contributed by atoms with Crippen LogP contribution in [0, 0.1) is 5.92 Å². The van der Waals surface area contributed by atoms with Crippen LogP contribution in [-0.4, -0.2) is 20.4 Å². The Hall–Kier alpha value is -2.61. The zero-order valence-electron chi connectivity index (χ0n) is 16.0. The number of hydrogen-bond donors (Lipinski definition) is 3. The summed E-state index contributed by atoms with van der Waals surface area (Å²) in [5.74, 6) is -0.768. The summed E-state index contributed by atoms with van der Waals surface area (Å²) in [6, 6.07) is 18.2. The molecule has 0 aliphatic rings. The van der Waals surface area contributed by atoms with E-state index in [-0.39, 0.29) is 10.8 Å².